The fourth-order valence-electron chi connectivity index (χ4n) is 0.543. The van der Waals surface area contributed by atoms with E-state index < -0.39 is 6.72 Å². The Bertz CT molecular complexity index is 237. The molecule has 0 rings (SSSR count). The Hall–Kier alpha value is 0.360. The van der Waals surface area contributed by atoms with Crippen LogP contribution in [-0.2, 0) is 9.09 Å². The summed E-state index contributed by atoms with van der Waals surface area (Å²) in [6, 6.07) is 0. The molecule has 0 saturated carbocycles. The van der Waals surface area contributed by atoms with Crippen molar-refractivity contribution in [3.63, 3.8) is 0 Å². The maximum Gasteiger partial charge on any atom is 0.361 e. The number of hydrogen-bond donors (Lipinski definition) is 1. The van der Waals surface area contributed by atoms with Gasteiger partial charge in [0, 0.05) is 29.8 Å². The number of rotatable bonds is 8. The van der Waals surface area contributed by atoms with Crippen molar-refractivity contribution in [2.75, 3.05) is 19.4 Å². The van der Waals surface area contributed by atoms with E-state index in [1.54, 1.807) is 10.8 Å². The number of aliphatic imine (C=N–C) groups is 1. The Morgan fingerprint density at radius 2 is 2.27 bits per heavy atom. The van der Waals surface area contributed by atoms with E-state index >= 15 is 0 Å². The van der Waals surface area contributed by atoms with E-state index in [0.29, 0.717) is 12.5 Å². The molecule has 0 amide bonds. The van der Waals surface area contributed by atoms with Gasteiger partial charge in [-0.25, -0.2) is 0 Å². The van der Waals surface area contributed by atoms with Crippen LogP contribution in [0, 0.1) is 5.92 Å². The lowest BCUT2D eigenvalue weighted by Gasteiger charge is -2.14. The van der Waals surface area contributed by atoms with E-state index in [-0.39, 0.29) is 0 Å². The van der Waals surface area contributed by atoms with Gasteiger partial charge in [-0.05, 0) is 12.8 Å². The van der Waals surface area contributed by atoms with Gasteiger partial charge in [0.2, 0.25) is 0 Å². The highest BCUT2D eigenvalue weighted by molar-refractivity contribution is 8.99. The summed E-state index contributed by atoms with van der Waals surface area (Å²) < 4.78 is 16.9. The Balaban J connectivity index is 3.96. The van der Waals surface area contributed by atoms with E-state index in [0.717, 1.165) is 5.75 Å². The lowest BCUT2D eigenvalue weighted by atomic mass is 10.3. The van der Waals surface area contributed by atoms with Crippen LogP contribution in [0.3, 0.4) is 0 Å². The average molecular weight is 270 g/mol. The van der Waals surface area contributed by atoms with E-state index in [9.17, 15) is 4.57 Å². The Morgan fingerprint density at radius 3 is 2.73 bits per heavy atom. The molecular formula is C8H19N2O2PS2. The molecule has 0 saturated heterocycles. The summed E-state index contributed by atoms with van der Waals surface area (Å²) in [6.07, 6.45) is 1.45. The van der Waals surface area contributed by atoms with Crippen LogP contribution < -0.4 is 5.09 Å². The van der Waals surface area contributed by atoms with Crippen LogP contribution in [0.5, 0.6) is 0 Å². The Morgan fingerprint density at radius 1 is 1.60 bits per heavy atom. The van der Waals surface area contributed by atoms with Crippen molar-refractivity contribution in [1.29, 1.82) is 0 Å². The number of nitrogens with one attached hydrogen (secondary N) is 1. The zero-order valence-electron chi connectivity index (χ0n) is 9.60. The van der Waals surface area contributed by atoms with Gasteiger partial charge in [-0.1, -0.05) is 24.6 Å². The molecule has 0 heterocycles. The quantitative estimate of drug-likeness (QED) is 0.317. The molecule has 0 aliphatic carbocycles. The normalized spacial score (nSPS) is 15.8. The molecule has 15 heavy (non-hydrogen) atoms. The fourth-order valence-corrected chi connectivity index (χ4v) is 6.05. The first-order valence-electron chi connectivity index (χ1n) is 4.77. The van der Waals surface area contributed by atoms with Crippen molar-refractivity contribution >= 4 is 34.3 Å². The second-order valence-electron chi connectivity index (χ2n) is 3.19. The lowest BCUT2D eigenvalue weighted by Crippen LogP contribution is -2.06. The smallest absolute Gasteiger partial charge is 0.309 e. The third kappa shape index (κ3) is 8.20. The summed E-state index contributed by atoms with van der Waals surface area (Å²) in [5, 5.41) is 2.70. The van der Waals surface area contributed by atoms with Crippen molar-refractivity contribution in [2.24, 2.45) is 10.9 Å². The van der Waals surface area contributed by atoms with Crippen LogP contribution in [0.2, 0.25) is 0 Å². The summed E-state index contributed by atoms with van der Waals surface area (Å²) in [5.41, 5.74) is 0. The average Bonchev–Trinajstić information content (AvgIpc) is 2.18. The minimum atomic E-state index is -2.81. The summed E-state index contributed by atoms with van der Waals surface area (Å²) in [7, 11) is 4.25. The fraction of sp³-hybridized carbons (Fsp3) is 0.875. The first-order chi connectivity index (χ1) is 7.04. The molecule has 0 aromatic rings. The SMILES string of the molecule is CCN=CNP(=O)(OC)SSCC(C)C. The number of hydrogen-bond acceptors (Lipinski definition) is 5. The van der Waals surface area contributed by atoms with Crippen molar-refractivity contribution in [3.8, 4) is 0 Å². The van der Waals surface area contributed by atoms with Crippen molar-refractivity contribution in [2.45, 2.75) is 20.8 Å². The monoisotopic (exact) mass is 270 g/mol. The molecule has 1 atom stereocenters. The van der Waals surface area contributed by atoms with Gasteiger partial charge < -0.3 is 4.52 Å². The van der Waals surface area contributed by atoms with Gasteiger partial charge >= 0.3 is 6.72 Å². The van der Waals surface area contributed by atoms with Gasteiger partial charge in [-0.15, -0.1) is 0 Å². The minimum absolute atomic E-state index is 0.581. The van der Waals surface area contributed by atoms with Gasteiger partial charge in [0.05, 0.1) is 6.34 Å². The topological polar surface area (TPSA) is 50.7 Å². The molecule has 0 radical (unpaired) electrons. The highest BCUT2D eigenvalue weighted by Gasteiger charge is 2.21. The van der Waals surface area contributed by atoms with Gasteiger partial charge in [-0.2, -0.15) is 0 Å². The highest BCUT2D eigenvalue weighted by atomic mass is 33.3. The molecule has 0 aliphatic rings. The lowest BCUT2D eigenvalue weighted by molar-refractivity contribution is 0.406. The van der Waals surface area contributed by atoms with E-state index in [1.807, 2.05) is 6.92 Å². The molecule has 1 unspecified atom stereocenters. The molecule has 0 aromatic carbocycles. The molecule has 0 aliphatic heterocycles. The maximum atomic E-state index is 12.0. The van der Waals surface area contributed by atoms with E-state index in [4.69, 9.17) is 4.52 Å². The Labute approximate surface area is 99.7 Å². The first kappa shape index (κ1) is 15.4. The summed E-state index contributed by atoms with van der Waals surface area (Å²) in [6.45, 7) is 4.02. The largest absolute Gasteiger partial charge is 0.361 e. The van der Waals surface area contributed by atoms with Gasteiger partial charge in [0.25, 0.3) is 0 Å². The maximum absolute atomic E-state index is 12.0. The molecule has 0 spiro atoms. The third-order valence-electron chi connectivity index (χ3n) is 1.28. The van der Waals surface area contributed by atoms with Crippen LogP contribution in [0.4, 0.5) is 0 Å². The Kier molecular flexibility index (Phi) is 8.71. The standard InChI is InChI=1S/C8H19N2O2PS2/c1-5-9-7-10-13(11,12-4)15-14-6-8(2)3/h7-8H,5-6H2,1-4H3,(H,9,10,11). The second-order valence-corrected chi connectivity index (χ2v) is 9.46. The summed E-state index contributed by atoms with van der Waals surface area (Å²) >= 11 is 0. The zero-order valence-corrected chi connectivity index (χ0v) is 12.1. The van der Waals surface area contributed by atoms with Gasteiger partial charge in [0.15, 0.2) is 0 Å². The van der Waals surface area contributed by atoms with Crippen LogP contribution >= 0.6 is 27.9 Å². The van der Waals surface area contributed by atoms with Crippen LogP contribution in [0.1, 0.15) is 20.8 Å². The minimum Gasteiger partial charge on any atom is -0.309 e. The highest BCUT2D eigenvalue weighted by Crippen LogP contribution is 2.60. The summed E-state index contributed by atoms with van der Waals surface area (Å²) in [4.78, 5) is 3.94. The predicted octanol–water partition coefficient (Wildman–Crippen LogP) is 3.42. The van der Waals surface area contributed by atoms with Crippen molar-refractivity contribution < 1.29 is 9.09 Å². The molecule has 0 fully saturated rings. The predicted molar refractivity (Wildman–Crippen MR) is 71.7 cm³/mol. The van der Waals surface area contributed by atoms with Crippen molar-refractivity contribution in [3.05, 3.63) is 0 Å². The second kappa shape index (κ2) is 8.50. The third-order valence-corrected chi connectivity index (χ3v) is 8.09. The summed E-state index contributed by atoms with van der Waals surface area (Å²) in [5.74, 6) is 1.53. The first-order valence-corrected chi connectivity index (χ1v) is 9.32. The molecule has 0 bridgehead atoms. The number of nitrogens with zero attached hydrogens (tertiary/aromatic N) is 1. The van der Waals surface area contributed by atoms with Crippen LogP contribution in [-0.4, -0.2) is 25.7 Å². The molecule has 1 N–H and O–H groups in total. The van der Waals surface area contributed by atoms with E-state index in [2.05, 4.69) is 23.9 Å². The molecule has 4 nitrogen and oxygen atoms in total. The van der Waals surface area contributed by atoms with Crippen molar-refractivity contribution in [1.82, 2.24) is 5.09 Å². The molecular weight excluding hydrogens is 251 g/mol. The molecule has 90 valence electrons. The van der Waals surface area contributed by atoms with E-state index in [1.165, 1.54) is 23.9 Å². The van der Waals surface area contributed by atoms with Crippen LogP contribution in [0.15, 0.2) is 4.99 Å². The molecule has 0 aromatic heterocycles. The van der Waals surface area contributed by atoms with Gasteiger partial charge in [-0.3, -0.25) is 14.6 Å². The molecule has 7 heteroatoms. The zero-order chi connectivity index (χ0) is 11.7. The van der Waals surface area contributed by atoms with Crippen LogP contribution in [0.25, 0.3) is 0 Å². The van der Waals surface area contributed by atoms with Gasteiger partial charge in [0.1, 0.15) is 0 Å².